The molecule has 1 unspecified atom stereocenters. The van der Waals surface area contributed by atoms with Gasteiger partial charge in [0.25, 0.3) is 5.91 Å². The van der Waals surface area contributed by atoms with Crippen molar-refractivity contribution in [1.82, 2.24) is 5.32 Å². The van der Waals surface area contributed by atoms with Gasteiger partial charge < -0.3 is 10.1 Å². The number of benzene rings is 1. The highest BCUT2D eigenvalue weighted by molar-refractivity contribution is 5.94. The van der Waals surface area contributed by atoms with Gasteiger partial charge in [0.15, 0.2) is 0 Å². The number of nitrogens with one attached hydrogen (secondary N) is 1. The molecule has 1 atom stereocenters. The van der Waals surface area contributed by atoms with Crippen LogP contribution in [0.25, 0.3) is 6.08 Å². The molecule has 3 nitrogen and oxygen atoms in total. The van der Waals surface area contributed by atoms with Crippen molar-refractivity contribution >= 4 is 12.0 Å². The van der Waals surface area contributed by atoms with Crippen molar-refractivity contribution < 1.29 is 9.53 Å². The molecule has 108 valence electrons. The van der Waals surface area contributed by atoms with Gasteiger partial charge in [-0.15, -0.1) is 0 Å². The highest BCUT2D eigenvalue weighted by Crippen LogP contribution is 2.11. The first-order valence-corrected chi connectivity index (χ1v) is 7.46. The van der Waals surface area contributed by atoms with Crippen molar-refractivity contribution in [3.63, 3.8) is 0 Å². The van der Waals surface area contributed by atoms with E-state index in [4.69, 9.17) is 4.74 Å². The van der Waals surface area contributed by atoms with Gasteiger partial charge in [-0.3, -0.25) is 4.79 Å². The van der Waals surface area contributed by atoms with Crippen LogP contribution in [-0.2, 0) is 4.74 Å². The summed E-state index contributed by atoms with van der Waals surface area (Å²) >= 11 is 0. The van der Waals surface area contributed by atoms with Crippen molar-refractivity contribution in [2.24, 2.45) is 0 Å². The molecule has 1 fully saturated rings. The molecule has 20 heavy (non-hydrogen) atoms. The molecule has 0 radical (unpaired) electrons. The van der Waals surface area contributed by atoms with Crippen LogP contribution < -0.4 is 5.32 Å². The van der Waals surface area contributed by atoms with Crippen LogP contribution in [0.15, 0.2) is 30.3 Å². The molecule has 0 bridgehead atoms. The maximum absolute atomic E-state index is 12.0. The van der Waals surface area contributed by atoms with E-state index < -0.39 is 0 Å². The van der Waals surface area contributed by atoms with E-state index in [0.29, 0.717) is 12.1 Å². The third-order valence-electron chi connectivity index (χ3n) is 3.45. The first-order valence-electron chi connectivity index (χ1n) is 7.46. The minimum atomic E-state index is -0.0235. The topological polar surface area (TPSA) is 38.3 Å². The Balaban J connectivity index is 1.83. The zero-order valence-corrected chi connectivity index (χ0v) is 12.1. The average molecular weight is 273 g/mol. The lowest BCUT2D eigenvalue weighted by molar-refractivity contribution is 0.0858. The molecule has 0 aromatic heterocycles. The van der Waals surface area contributed by atoms with Gasteiger partial charge in [0.1, 0.15) is 0 Å². The second-order valence-electron chi connectivity index (χ2n) is 5.16. The van der Waals surface area contributed by atoms with Gasteiger partial charge in [-0.1, -0.05) is 37.6 Å². The Kier molecular flexibility index (Phi) is 5.81. The van der Waals surface area contributed by atoms with Gasteiger partial charge in [0.2, 0.25) is 0 Å². The first-order chi connectivity index (χ1) is 9.79. The molecule has 1 amide bonds. The van der Waals surface area contributed by atoms with E-state index >= 15 is 0 Å². The number of amides is 1. The quantitative estimate of drug-likeness (QED) is 0.862. The molecule has 1 heterocycles. The Morgan fingerprint density at radius 3 is 2.85 bits per heavy atom. The predicted molar refractivity (Wildman–Crippen MR) is 81.7 cm³/mol. The third-order valence-corrected chi connectivity index (χ3v) is 3.45. The summed E-state index contributed by atoms with van der Waals surface area (Å²) in [5, 5.41) is 2.93. The molecule has 1 aromatic rings. The van der Waals surface area contributed by atoms with E-state index in [1.165, 1.54) is 0 Å². The fourth-order valence-electron chi connectivity index (χ4n) is 2.25. The summed E-state index contributed by atoms with van der Waals surface area (Å²) in [7, 11) is 0. The Bertz CT molecular complexity index is 445. The maximum Gasteiger partial charge on any atom is 0.251 e. The van der Waals surface area contributed by atoms with E-state index in [1.54, 1.807) is 0 Å². The number of unbranched alkanes of at least 4 members (excludes halogenated alkanes) is 1. The van der Waals surface area contributed by atoms with Crippen molar-refractivity contribution in [3.8, 4) is 0 Å². The summed E-state index contributed by atoms with van der Waals surface area (Å²) in [6.45, 7) is 3.59. The molecule has 2 rings (SSSR count). The van der Waals surface area contributed by atoms with Crippen molar-refractivity contribution in [1.29, 1.82) is 0 Å². The SMILES string of the molecule is CCC/C=C/c1ccc(C(=O)NCC2CCCO2)cc1. The zero-order valence-electron chi connectivity index (χ0n) is 12.1. The fourth-order valence-corrected chi connectivity index (χ4v) is 2.25. The smallest absolute Gasteiger partial charge is 0.251 e. The van der Waals surface area contributed by atoms with Crippen molar-refractivity contribution in [2.75, 3.05) is 13.2 Å². The monoisotopic (exact) mass is 273 g/mol. The van der Waals surface area contributed by atoms with E-state index in [9.17, 15) is 4.79 Å². The molecule has 0 saturated carbocycles. The summed E-state index contributed by atoms with van der Waals surface area (Å²) in [5.74, 6) is -0.0235. The number of ether oxygens (including phenoxy) is 1. The Morgan fingerprint density at radius 1 is 1.40 bits per heavy atom. The molecular formula is C17H23NO2. The van der Waals surface area contributed by atoms with Crippen molar-refractivity contribution in [2.45, 2.75) is 38.7 Å². The summed E-state index contributed by atoms with van der Waals surface area (Å²) in [5.41, 5.74) is 1.84. The second-order valence-corrected chi connectivity index (χ2v) is 5.16. The lowest BCUT2D eigenvalue weighted by Gasteiger charge is -2.10. The molecule has 1 aliphatic rings. The van der Waals surface area contributed by atoms with Gasteiger partial charge >= 0.3 is 0 Å². The van der Waals surface area contributed by atoms with E-state index in [2.05, 4.69) is 24.4 Å². The third kappa shape index (κ3) is 4.49. The van der Waals surface area contributed by atoms with E-state index in [1.807, 2.05) is 24.3 Å². The van der Waals surface area contributed by atoms with Crippen LogP contribution in [-0.4, -0.2) is 25.2 Å². The van der Waals surface area contributed by atoms with Crippen LogP contribution in [0.4, 0.5) is 0 Å². The van der Waals surface area contributed by atoms with E-state index in [0.717, 1.165) is 37.9 Å². The Morgan fingerprint density at radius 2 is 2.20 bits per heavy atom. The van der Waals surface area contributed by atoms with Crippen LogP contribution in [0.1, 0.15) is 48.5 Å². The molecule has 1 aromatic carbocycles. The normalized spacial score (nSPS) is 18.6. The maximum atomic E-state index is 12.0. The molecule has 0 aliphatic carbocycles. The highest BCUT2D eigenvalue weighted by atomic mass is 16.5. The first kappa shape index (κ1) is 14.8. The fraction of sp³-hybridized carbons (Fsp3) is 0.471. The van der Waals surface area contributed by atoms with Crippen molar-refractivity contribution in [3.05, 3.63) is 41.5 Å². The minimum Gasteiger partial charge on any atom is -0.376 e. The Hall–Kier alpha value is -1.61. The average Bonchev–Trinajstić information content (AvgIpc) is 2.99. The number of carbonyl (C=O) groups is 1. The lowest BCUT2D eigenvalue weighted by atomic mass is 10.1. The van der Waals surface area contributed by atoms with Crippen LogP contribution in [0.3, 0.4) is 0 Å². The number of hydrogen-bond acceptors (Lipinski definition) is 2. The predicted octanol–water partition coefficient (Wildman–Crippen LogP) is 3.41. The van der Waals surface area contributed by atoms with Crippen LogP contribution in [0.2, 0.25) is 0 Å². The second kappa shape index (κ2) is 7.85. The van der Waals surface area contributed by atoms with Gasteiger partial charge in [-0.2, -0.15) is 0 Å². The molecule has 0 spiro atoms. The standard InChI is InChI=1S/C17H23NO2/c1-2-3-4-6-14-8-10-15(11-9-14)17(19)18-13-16-7-5-12-20-16/h4,6,8-11,16H,2-3,5,7,12-13H2,1H3,(H,18,19)/b6-4+. The number of hydrogen-bond donors (Lipinski definition) is 1. The minimum absolute atomic E-state index is 0.0235. The summed E-state index contributed by atoms with van der Waals surface area (Å²) in [6, 6.07) is 7.70. The van der Waals surface area contributed by atoms with Gasteiger partial charge in [0, 0.05) is 18.7 Å². The van der Waals surface area contributed by atoms with Crippen LogP contribution >= 0.6 is 0 Å². The molecule has 1 N–H and O–H groups in total. The highest BCUT2D eigenvalue weighted by Gasteiger charge is 2.16. The van der Waals surface area contributed by atoms with Gasteiger partial charge in [-0.05, 0) is 37.0 Å². The molecule has 3 heteroatoms. The zero-order chi connectivity index (χ0) is 14.2. The lowest BCUT2D eigenvalue weighted by Crippen LogP contribution is -2.31. The van der Waals surface area contributed by atoms with Gasteiger partial charge in [0.05, 0.1) is 6.10 Å². The number of allylic oxidation sites excluding steroid dienone is 1. The van der Waals surface area contributed by atoms with E-state index in [-0.39, 0.29) is 12.0 Å². The summed E-state index contributed by atoms with van der Waals surface area (Å²) in [4.78, 5) is 12.0. The largest absolute Gasteiger partial charge is 0.376 e. The van der Waals surface area contributed by atoms with Crippen LogP contribution in [0.5, 0.6) is 0 Å². The van der Waals surface area contributed by atoms with Gasteiger partial charge in [-0.25, -0.2) is 0 Å². The Labute approximate surface area is 121 Å². The number of rotatable bonds is 6. The summed E-state index contributed by atoms with van der Waals surface area (Å²) in [6.07, 6.45) is 8.82. The number of carbonyl (C=O) groups excluding carboxylic acids is 1. The summed E-state index contributed by atoms with van der Waals surface area (Å²) < 4.78 is 5.49. The molecule has 1 saturated heterocycles. The molecular weight excluding hydrogens is 250 g/mol. The van der Waals surface area contributed by atoms with Crippen LogP contribution in [0, 0.1) is 0 Å². The molecule has 1 aliphatic heterocycles.